The molecule has 0 radical (unpaired) electrons. The molecule has 3 aromatic rings. The Kier molecular flexibility index (Phi) is 5.23. The van der Waals surface area contributed by atoms with Crippen LogP contribution < -0.4 is 10.5 Å². The Balaban J connectivity index is 1.85. The lowest BCUT2D eigenvalue weighted by atomic mass is 10.1. The first-order valence-electron chi connectivity index (χ1n) is 8.48. The highest BCUT2D eigenvalue weighted by molar-refractivity contribution is 6.05. The first-order valence-corrected chi connectivity index (χ1v) is 8.48. The van der Waals surface area contributed by atoms with Gasteiger partial charge in [0.25, 0.3) is 0 Å². The quantitative estimate of drug-likeness (QED) is 0.689. The van der Waals surface area contributed by atoms with Crippen LogP contribution in [-0.4, -0.2) is 35.3 Å². The van der Waals surface area contributed by atoms with E-state index >= 15 is 0 Å². The molecule has 0 fully saturated rings. The van der Waals surface area contributed by atoms with Crippen LogP contribution in [0.1, 0.15) is 21.7 Å². The van der Waals surface area contributed by atoms with Gasteiger partial charge >= 0.3 is 5.97 Å². The Morgan fingerprint density at radius 3 is 2.65 bits per heavy atom. The summed E-state index contributed by atoms with van der Waals surface area (Å²) in [6, 6.07) is 13.4. The molecule has 0 aliphatic heterocycles. The third-order valence-electron chi connectivity index (χ3n) is 4.40. The maximum absolute atomic E-state index is 12.4. The molecular formula is C20H23N3O3. The molecule has 0 saturated heterocycles. The number of fused-ring (bicyclic) bond motifs is 1. The molecule has 0 amide bonds. The second-order valence-electron chi connectivity index (χ2n) is 6.28. The Bertz CT molecular complexity index is 919. The van der Waals surface area contributed by atoms with Crippen LogP contribution in [0.3, 0.4) is 0 Å². The summed E-state index contributed by atoms with van der Waals surface area (Å²) in [5.41, 5.74) is 9.15. The Morgan fingerprint density at radius 1 is 1.23 bits per heavy atom. The Hall–Kier alpha value is -2.86. The van der Waals surface area contributed by atoms with Crippen molar-refractivity contribution in [1.29, 1.82) is 0 Å². The molecule has 3 rings (SSSR count). The van der Waals surface area contributed by atoms with E-state index in [1.54, 1.807) is 6.07 Å². The highest BCUT2D eigenvalue weighted by Gasteiger charge is 2.22. The van der Waals surface area contributed by atoms with Gasteiger partial charge < -0.3 is 19.8 Å². The van der Waals surface area contributed by atoms with Crippen molar-refractivity contribution in [1.82, 2.24) is 9.55 Å². The fraction of sp³-hybridized carbons (Fsp3) is 0.300. The van der Waals surface area contributed by atoms with Gasteiger partial charge in [0.05, 0.1) is 18.1 Å². The number of nitrogens with two attached hydrogens (primary N) is 1. The molecule has 0 aliphatic carbocycles. The highest BCUT2D eigenvalue weighted by atomic mass is 16.5. The maximum Gasteiger partial charge on any atom is 0.343 e. The molecule has 0 aliphatic rings. The van der Waals surface area contributed by atoms with Gasteiger partial charge in [-0.05, 0) is 31.0 Å². The number of hydrogen-bond acceptors (Lipinski definition) is 5. The van der Waals surface area contributed by atoms with Gasteiger partial charge in [-0.1, -0.05) is 30.3 Å². The van der Waals surface area contributed by atoms with Crippen LogP contribution in [0.4, 0.5) is 0 Å². The number of aromatic nitrogens is 2. The van der Waals surface area contributed by atoms with Gasteiger partial charge in [0, 0.05) is 13.1 Å². The minimum atomic E-state index is -0.453. The summed E-state index contributed by atoms with van der Waals surface area (Å²) in [7, 11) is 3.22. The normalized spacial score (nSPS) is 12.2. The molecule has 26 heavy (non-hydrogen) atoms. The molecule has 0 spiro atoms. The number of ether oxygens (including phenoxy) is 2. The molecule has 1 heterocycles. The molecular weight excluding hydrogens is 330 g/mol. The van der Waals surface area contributed by atoms with E-state index in [-0.39, 0.29) is 6.04 Å². The van der Waals surface area contributed by atoms with Crippen LogP contribution in [0.25, 0.3) is 11.0 Å². The van der Waals surface area contributed by atoms with Gasteiger partial charge in [-0.2, -0.15) is 0 Å². The molecule has 0 bridgehead atoms. The fourth-order valence-corrected chi connectivity index (χ4v) is 2.99. The summed E-state index contributed by atoms with van der Waals surface area (Å²) >= 11 is 0. The smallest absolute Gasteiger partial charge is 0.343 e. The lowest BCUT2D eigenvalue weighted by Crippen LogP contribution is -2.30. The second-order valence-corrected chi connectivity index (χ2v) is 6.28. The average molecular weight is 353 g/mol. The summed E-state index contributed by atoms with van der Waals surface area (Å²) in [6.07, 6.45) is 0.696. The molecule has 6 heteroatoms. The summed E-state index contributed by atoms with van der Waals surface area (Å²) in [4.78, 5) is 16.8. The van der Waals surface area contributed by atoms with Gasteiger partial charge in [-0.3, -0.25) is 0 Å². The summed E-state index contributed by atoms with van der Waals surface area (Å²) in [6.45, 7) is 2.18. The van der Waals surface area contributed by atoms with E-state index in [0.717, 1.165) is 16.9 Å². The topological polar surface area (TPSA) is 79.4 Å². The maximum atomic E-state index is 12.4. The zero-order valence-electron chi connectivity index (χ0n) is 15.2. The van der Waals surface area contributed by atoms with E-state index in [0.29, 0.717) is 29.9 Å². The second kappa shape index (κ2) is 7.58. The predicted octanol–water partition coefficient (Wildman–Crippen LogP) is 2.62. The van der Waals surface area contributed by atoms with Crippen molar-refractivity contribution in [3.8, 4) is 5.75 Å². The molecule has 1 atom stereocenters. The van der Waals surface area contributed by atoms with Gasteiger partial charge in [0.15, 0.2) is 0 Å². The minimum Gasteiger partial charge on any atom is -0.491 e. The van der Waals surface area contributed by atoms with Gasteiger partial charge in [0.2, 0.25) is 0 Å². The van der Waals surface area contributed by atoms with Gasteiger partial charge in [0.1, 0.15) is 23.7 Å². The van der Waals surface area contributed by atoms with Crippen LogP contribution in [0.5, 0.6) is 5.75 Å². The van der Waals surface area contributed by atoms with Crippen molar-refractivity contribution in [2.24, 2.45) is 12.8 Å². The third kappa shape index (κ3) is 3.55. The van der Waals surface area contributed by atoms with E-state index in [4.69, 9.17) is 15.2 Å². The van der Waals surface area contributed by atoms with Gasteiger partial charge in [-0.15, -0.1) is 0 Å². The molecule has 0 saturated carbocycles. The number of imidazole rings is 1. The molecule has 2 aromatic carbocycles. The van der Waals surface area contributed by atoms with E-state index in [9.17, 15) is 4.79 Å². The van der Waals surface area contributed by atoms with E-state index in [2.05, 4.69) is 4.98 Å². The van der Waals surface area contributed by atoms with Crippen LogP contribution in [-0.2, 0) is 18.2 Å². The number of aryl methyl sites for hydroxylation is 2. The van der Waals surface area contributed by atoms with Crippen LogP contribution in [0.2, 0.25) is 0 Å². The number of nitrogens with zero attached hydrogens (tertiary/aromatic N) is 2. The standard InChI is InChI=1S/C20H23N3O3/c1-13-22-16-9-10-17(18(20(24)25-3)19(16)23(13)2)26-12-15(21)11-14-7-5-4-6-8-14/h4-10,15H,11-12,21H2,1-3H3. The zero-order valence-corrected chi connectivity index (χ0v) is 15.2. The number of benzene rings is 2. The molecule has 2 N–H and O–H groups in total. The van der Waals surface area contributed by atoms with Gasteiger partial charge in [-0.25, -0.2) is 9.78 Å². The Labute approximate surface area is 152 Å². The molecule has 1 aromatic heterocycles. The molecule has 1 unspecified atom stereocenters. The zero-order chi connectivity index (χ0) is 18.7. The summed E-state index contributed by atoms with van der Waals surface area (Å²) in [5.74, 6) is 0.809. The molecule has 6 nitrogen and oxygen atoms in total. The van der Waals surface area contributed by atoms with E-state index in [1.807, 2.05) is 54.9 Å². The number of methoxy groups -OCH3 is 1. The average Bonchev–Trinajstić information content (AvgIpc) is 2.94. The van der Waals surface area contributed by atoms with Crippen molar-refractivity contribution < 1.29 is 14.3 Å². The van der Waals surface area contributed by atoms with Crippen LogP contribution in [0.15, 0.2) is 42.5 Å². The first-order chi connectivity index (χ1) is 12.5. The summed E-state index contributed by atoms with van der Waals surface area (Å²) < 4.78 is 12.7. The Morgan fingerprint density at radius 2 is 1.96 bits per heavy atom. The SMILES string of the molecule is COC(=O)c1c(OCC(N)Cc2ccccc2)ccc2nc(C)n(C)c12. The van der Waals surface area contributed by atoms with E-state index < -0.39 is 5.97 Å². The predicted molar refractivity (Wildman–Crippen MR) is 100 cm³/mol. The lowest BCUT2D eigenvalue weighted by molar-refractivity contribution is 0.0597. The number of carbonyl (C=O) groups excluding carboxylic acids is 1. The van der Waals surface area contributed by atoms with Crippen molar-refractivity contribution in [3.05, 3.63) is 59.4 Å². The van der Waals surface area contributed by atoms with Crippen molar-refractivity contribution in [2.75, 3.05) is 13.7 Å². The van der Waals surface area contributed by atoms with E-state index in [1.165, 1.54) is 7.11 Å². The number of carbonyl (C=O) groups is 1. The highest BCUT2D eigenvalue weighted by Crippen LogP contribution is 2.29. The van der Waals surface area contributed by atoms with Crippen LogP contribution in [0, 0.1) is 6.92 Å². The van der Waals surface area contributed by atoms with Crippen molar-refractivity contribution >= 4 is 17.0 Å². The molecule has 136 valence electrons. The van der Waals surface area contributed by atoms with Crippen LogP contribution >= 0.6 is 0 Å². The fourth-order valence-electron chi connectivity index (χ4n) is 2.99. The number of esters is 1. The third-order valence-corrected chi connectivity index (χ3v) is 4.40. The number of hydrogen-bond donors (Lipinski definition) is 1. The number of rotatable bonds is 6. The van der Waals surface area contributed by atoms with Crippen molar-refractivity contribution in [2.45, 2.75) is 19.4 Å². The monoisotopic (exact) mass is 353 g/mol. The minimum absolute atomic E-state index is 0.188. The van der Waals surface area contributed by atoms with Crippen molar-refractivity contribution in [3.63, 3.8) is 0 Å². The largest absolute Gasteiger partial charge is 0.491 e. The first kappa shape index (κ1) is 17.9. The lowest BCUT2D eigenvalue weighted by Gasteiger charge is -2.16. The summed E-state index contributed by atoms with van der Waals surface area (Å²) in [5, 5.41) is 0.